The third kappa shape index (κ3) is 3.94. The van der Waals surface area contributed by atoms with Gasteiger partial charge in [0.2, 0.25) is 0 Å². The van der Waals surface area contributed by atoms with Gasteiger partial charge >= 0.3 is 5.97 Å². The first-order valence-electron chi connectivity index (χ1n) is 10.3. The van der Waals surface area contributed by atoms with Crippen LogP contribution in [0, 0.1) is 0 Å². The summed E-state index contributed by atoms with van der Waals surface area (Å²) in [6.07, 6.45) is 2.23. The van der Waals surface area contributed by atoms with Crippen molar-refractivity contribution in [3.05, 3.63) is 70.9 Å². The van der Waals surface area contributed by atoms with E-state index in [-0.39, 0.29) is 6.10 Å². The molecule has 0 unspecified atom stereocenters. The monoisotopic (exact) mass is 402 g/mol. The van der Waals surface area contributed by atoms with E-state index < -0.39 is 5.97 Å². The molecule has 154 valence electrons. The van der Waals surface area contributed by atoms with Gasteiger partial charge in [-0.05, 0) is 55.8 Å². The van der Waals surface area contributed by atoms with Crippen molar-refractivity contribution in [1.29, 1.82) is 0 Å². The van der Waals surface area contributed by atoms with Crippen molar-refractivity contribution < 1.29 is 14.6 Å². The van der Waals surface area contributed by atoms with E-state index in [0.29, 0.717) is 23.0 Å². The SMILES string of the molecule is CCN1C/C(=C\c2ccc(OC(C)C)cc2)c2nc3ccccc3c(C(=O)O)c2C1. The number of hydrogen-bond donors (Lipinski definition) is 1. The highest BCUT2D eigenvalue weighted by Crippen LogP contribution is 2.34. The number of likely N-dealkylation sites (N-methyl/N-ethyl adjacent to an activating group) is 1. The third-order valence-corrected chi connectivity index (χ3v) is 5.33. The van der Waals surface area contributed by atoms with Gasteiger partial charge in [0.15, 0.2) is 0 Å². The summed E-state index contributed by atoms with van der Waals surface area (Å²) in [6.45, 7) is 8.26. The van der Waals surface area contributed by atoms with E-state index in [4.69, 9.17) is 9.72 Å². The number of benzene rings is 2. The molecular formula is C25H26N2O3. The summed E-state index contributed by atoms with van der Waals surface area (Å²) in [4.78, 5) is 19.3. The number of carboxylic acid groups (broad SMARTS) is 1. The fraction of sp³-hybridized carbons (Fsp3) is 0.280. The van der Waals surface area contributed by atoms with Crippen LogP contribution in [0.4, 0.5) is 0 Å². The molecule has 0 spiro atoms. The lowest BCUT2D eigenvalue weighted by Crippen LogP contribution is -2.31. The van der Waals surface area contributed by atoms with Gasteiger partial charge in [0, 0.05) is 24.0 Å². The Morgan fingerprint density at radius 1 is 1.17 bits per heavy atom. The van der Waals surface area contributed by atoms with Crippen LogP contribution in [-0.2, 0) is 6.54 Å². The Kier molecular flexibility index (Phi) is 5.55. The average Bonchev–Trinajstić information content (AvgIpc) is 2.72. The molecule has 1 aromatic heterocycles. The second kappa shape index (κ2) is 8.28. The molecule has 1 aliphatic rings. The minimum absolute atomic E-state index is 0.129. The molecule has 1 N–H and O–H groups in total. The van der Waals surface area contributed by atoms with E-state index >= 15 is 0 Å². The van der Waals surface area contributed by atoms with Gasteiger partial charge in [0.25, 0.3) is 0 Å². The minimum Gasteiger partial charge on any atom is -0.491 e. The predicted molar refractivity (Wildman–Crippen MR) is 120 cm³/mol. The van der Waals surface area contributed by atoms with Crippen LogP contribution < -0.4 is 4.74 Å². The summed E-state index contributed by atoms with van der Waals surface area (Å²) in [5.74, 6) is -0.0685. The highest BCUT2D eigenvalue weighted by Gasteiger charge is 2.27. The van der Waals surface area contributed by atoms with E-state index in [1.807, 2.05) is 62.4 Å². The number of fused-ring (bicyclic) bond motifs is 2. The van der Waals surface area contributed by atoms with Crippen LogP contribution in [-0.4, -0.2) is 40.2 Å². The van der Waals surface area contributed by atoms with E-state index in [0.717, 1.165) is 41.2 Å². The number of rotatable bonds is 5. The summed E-state index contributed by atoms with van der Waals surface area (Å²) < 4.78 is 5.73. The maximum absolute atomic E-state index is 12.2. The van der Waals surface area contributed by atoms with E-state index in [2.05, 4.69) is 17.9 Å². The summed E-state index contributed by atoms with van der Waals surface area (Å²) in [6, 6.07) is 15.4. The zero-order valence-corrected chi connectivity index (χ0v) is 17.6. The predicted octanol–water partition coefficient (Wildman–Crippen LogP) is 5.10. The van der Waals surface area contributed by atoms with Crippen molar-refractivity contribution in [2.24, 2.45) is 0 Å². The minimum atomic E-state index is -0.905. The molecule has 0 atom stereocenters. The van der Waals surface area contributed by atoms with Gasteiger partial charge < -0.3 is 9.84 Å². The summed E-state index contributed by atoms with van der Waals surface area (Å²) in [5, 5.41) is 10.7. The molecule has 0 saturated heterocycles. The Balaban J connectivity index is 1.85. The first-order valence-corrected chi connectivity index (χ1v) is 10.3. The standard InChI is InChI=1S/C25H26N2O3/c1-4-27-14-18(13-17-9-11-19(12-10-17)30-16(2)3)24-21(15-27)23(25(28)29)20-7-5-6-8-22(20)26-24/h5-13,16H,4,14-15H2,1-3H3,(H,28,29)/b18-13+. The van der Waals surface area contributed by atoms with Crippen LogP contribution in [0.15, 0.2) is 48.5 Å². The summed E-state index contributed by atoms with van der Waals surface area (Å²) in [7, 11) is 0. The van der Waals surface area contributed by atoms with Crippen LogP contribution >= 0.6 is 0 Å². The van der Waals surface area contributed by atoms with Crippen molar-refractivity contribution in [2.45, 2.75) is 33.4 Å². The number of hydrogen-bond acceptors (Lipinski definition) is 4. The highest BCUT2D eigenvalue weighted by atomic mass is 16.5. The third-order valence-electron chi connectivity index (χ3n) is 5.33. The van der Waals surface area contributed by atoms with Crippen LogP contribution in [0.3, 0.4) is 0 Å². The molecule has 2 heterocycles. The lowest BCUT2D eigenvalue weighted by atomic mass is 9.92. The molecule has 5 heteroatoms. The zero-order valence-electron chi connectivity index (χ0n) is 17.6. The zero-order chi connectivity index (χ0) is 21.3. The topological polar surface area (TPSA) is 62.7 Å². The Morgan fingerprint density at radius 2 is 1.90 bits per heavy atom. The van der Waals surface area contributed by atoms with E-state index in [1.165, 1.54) is 0 Å². The summed E-state index contributed by atoms with van der Waals surface area (Å²) >= 11 is 0. The second-order valence-corrected chi connectivity index (χ2v) is 7.84. The Bertz CT molecular complexity index is 1120. The van der Waals surface area contributed by atoms with Crippen LogP contribution in [0.25, 0.3) is 22.6 Å². The van der Waals surface area contributed by atoms with Crippen LogP contribution in [0.2, 0.25) is 0 Å². The molecule has 1 aliphatic heterocycles. The van der Waals surface area contributed by atoms with Crippen LogP contribution in [0.1, 0.15) is 48.0 Å². The Labute approximate surface area is 176 Å². The lowest BCUT2D eigenvalue weighted by molar-refractivity contribution is 0.0696. The van der Waals surface area contributed by atoms with Crippen molar-refractivity contribution in [2.75, 3.05) is 13.1 Å². The molecular weight excluding hydrogens is 376 g/mol. The normalized spacial score (nSPS) is 15.5. The maximum atomic E-state index is 12.2. The summed E-state index contributed by atoms with van der Waals surface area (Å²) in [5.41, 5.74) is 4.73. The van der Waals surface area contributed by atoms with E-state index in [1.54, 1.807) is 0 Å². The molecule has 0 radical (unpaired) electrons. The molecule has 3 aromatic rings. The second-order valence-electron chi connectivity index (χ2n) is 7.84. The van der Waals surface area contributed by atoms with Crippen molar-refractivity contribution in [3.8, 4) is 5.75 Å². The van der Waals surface area contributed by atoms with Crippen LogP contribution in [0.5, 0.6) is 5.75 Å². The van der Waals surface area contributed by atoms with E-state index in [9.17, 15) is 9.90 Å². The number of carbonyl (C=O) groups is 1. The number of aromatic carboxylic acids is 1. The number of aromatic nitrogens is 1. The molecule has 0 saturated carbocycles. The number of ether oxygens (including phenoxy) is 1. The fourth-order valence-corrected chi connectivity index (χ4v) is 3.96. The van der Waals surface area contributed by atoms with Crippen molar-refractivity contribution in [1.82, 2.24) is 9.88 Å². The van der Waals surface area contributed by atoms with Gasteiger partial charge in [0.05, 0.1) is 22.9 Å². The molecule has 5 nitrogen and oxygen atoms in total. The first-order chi connectivity index (χ1) is 14.5. The number of para-hydroxylation sites is 1. The molecule has 2 aromatic carbocycles. The average molecular weight is 402 g/mol. The van der Waals surface area contributed by atoms with Crippen molar-refractivity contribution >= 4 is 28.5 Å². The van der Waals surface area contributed by atoms with Crippen molar-refractivity contribution in [3.63, 3.8) is 0 Å². The molecule has 4 rings (SSSR count). The van der Waals surface area contributed by atoms with Gasteiger partial charge in [-0.3, -0.25) is 4.90 Å². The maximum Gasteiger partial charge on any atom is 0.336 e. The van der Waals surface area contributed by atoms with Gasteiger partial charge in [-0.15, -0.1) is 0 Å². The van der Waals surface area contributed by atoms with Gasteiger partial charge in [-0.1, -0.05) is 37.3 Å². The number of carboxylic acids is 1. The lowest BCUT2D eigenvalue weighted by Gasteiger charge is -2.30. The molecule has 0 amide bonds. The Hall–Kier alpha value is -3.18. The number of nitrogens with zero attached hydrogens (tertiary/aromatic N) is 2. The first kappa shape index (κ1) is 20.1. The quantitative estimate of drug-likeness (QED) is 0.644. The molecule has 0 bridgehead atoms. The Morgan fingerprint density at radius 3 is 2.57 bits per heavy atom. The molecule has 0 aliphatic carbocycles. The number of pyridine rings is 1. The highest BCUT2D eigenvalue weighted by molar-refractivity contribution is 6.06. The molecule has 30 heavy (non-hydrogen) atoms. The van der Waals surface area contributed by atoms with Gasteiger partial charge in [-0.2, -0.15) is 0 Å². The largest absolute Gasteiger partial charge is 0.491 e. The smallest absolute Gasteiger partial charge is 0.336 e. The van der Waals surface area contributed by atoms with Gasteiger partial charge in [0.1, 0.15) is 5.75 Å². The fourth-order valence-electron chi connectivity index (χ4n) is 3.96. The van der Waals surface area contributed by atoms with Gasteiger partial charge in [-0.25, -0.2) is 9.78 Å². The molecule has 0 fully saturated rings.